The summed E-state index contributed by atoms with van der Waals surface area (Å²) in [5.74, 6) is -0.287. The standard InChI is InChI=1S/C18H14BrFO/c19-17-11-14(20)9-8-13(17)10-18(21)16-7-3-5-12-4-1-2-6-15(12)16/h1-9,11,18,21H,10H2. The molecule has 0 bridgehead atoms. The molecule has 1 nitrogen and oxygen atoms in total. The molecular formula is C18H14BrFO. The molecule has 0 aliphatic rings. The number of fused-ring (bicyclic) bond motifs is 1. The van der Waals surface area contributed by atoms with Gasteiger partial charge in [0.1, 0.15) is 5.82 Å². The molecule has 0 spiro atoms. The normalized spacial score (nSPS) is 12.5. The van der Waals surface area contributed by atoms with Gasteiger partial charge in [0, 0.05) is 10.9 Å². The van der Waals surface area contributed by atoms with Crippen molar-refractivity contribution in [1.29, 1.82) is 0 Å². The summed E-state index contributed by atoms with van der Waals surface area (Å²) in [5.41, 5.74) is 1.78. The number of aliphatic hydroxyl groups is 1. The number of hydrogen-bond donors (Lipinski definition) is 1. The fraction of sp³-hybridized carbons (Fsp3) is 0.111. The van der Waals surface area contributed by atoms with Gasteiger partial charge in [0.25, 0.3) is 0 Å². The van der Waals surface area contributed by atoms with Crippen LogP contribution < -0.4 is 0 Å². The Kier molecular flexibility index (Phi) is 4.04. The smallest absolute Gasteiger partial charge is 0.124 e. The van der Waals surface area contributed by atoms with Gasteiger partial charge in [0.05, 0.1) is 6.10 Å². The molecular weight excluding hydrogens is 331 g/mol. The molecule has 3 rings (SSSR count). The molecule has 3 aromatic carbocycles. The molecule has 3 aromatic rings. The maximum atomic E-state index is 13.1. The largest absolute Gasteiger partial charge is 0.388 e. The molecule has 0 heterocycles. The number of benzene rings is 3. The van der Waals surface area contributed by atoms with Gasteiger partial charge in [-0.05, 0) is 34.0 Å². The first kappa shape index (κ1) is 14.2. The third-order valence-corrected chi connectivity index (χ3v) is 4.35. The highest BCUT2D eigenvalue weighted by Crippen LogP contribution is 2.29. The van der Waals surface area contributed by atoms with Gasteiger partial charge in [-0.3, -0.25) is 0 Å². The molecule has 1 unspecified atom stereocenters. The van der Waals surface area contributed by atoms with E-state index < -0.39 is 6.10 Å². The summed E-state index contributed by atoms with van der Waals surface area (Å²) in [4.78, 5) is 0. The van der Waals surface area contributed by atoms with Crippen molar-refractivity contribution in [3.05, 3.63) is 82.1 Å². The quantitative estimate of drug-likeness (QED) is 0.707. The fourth-order valence-corrected chi connectivity index (χ4v) is 3.06. The highest BCUT2D eigenvalue weighted by Gasteiger charge is 2.13. The summed E-state index contributed by atoms with van der Waals surface area (Å²) in [6.07, 6.45) is -0.188. The molecule has 1 N–H and O–H groups in total. The zero-order valence-corrected chi connectivity index (χ0v) is 12.8. The first-order valence-electron chi connectivity index (χ1n) is 6.75. The topological polar surface area (TPSA) is 20.2 Å². The number of aliphatic hydroxyl groups excluding tert-OH is 1. The summed E-state index contributed by atoms with van der Waals surface area (Å²) in [6, 6.07) is 18.4. The molecule has 0 saturated carbocycles. The van der Waals surface area contributed by atoms with Crippen molar-refractivity contribution in [1.82, 2.24) is 0 Å². The molecule has 1 atom stereocenters. The zero-order chi connectivity index (χ0) is 14.8. The van der Waals surface area contributed by atoms with E-state index >= 15 is 0 Å². The molecule has 0 aliphatic carbocycles. The Balaban J connectivity index is 1.95. The summed E-state index contributed by atoms with van der Waals surface area (Å²) in [7, 11) is 0. The molecule has 0 amide bonds. The van der Waals surface area contributed by atoms with Gasteiger partial charge >= 0.3 is 0 Å². The Hall–Kier alpha value is -1.71. The van der Waals surface area contributed by atoms with E-state index in [1.807, 2.05) is 42.5 Å². The number of halogens is 2. The molecule has 0 saturated heterocycles. The van der Waals surface area contributed by atoms with E-state index in [4.69, 9.17) is 0 Å². The van der Waals surface area contributed by atoms with Crippen LogP contribution in [0.25, 0.3) is 10.8 Å². The maximum absolute atomic E-state index is 13.1. The van der Waals surface area contributed by atoms with E-state index in [1.54, 1.807) is 6.07 Å². The Morgan fingerprint density at radius 1 is 1.00 bits per heavy atom. The minimum absolute atomic E-state index is 0.287. The predicted octanol–water partition coefficient (Wildman–Crippen LogP) is 5.02. The Morgan fingerprint density at radius 3 is 2.57 bits per heavy atom. The van der Waals surface area contributed by atoms with Crippen molar-refractivity contribution in [2.75, 3.05) is 0 Å². The Bertz CT molecular complexity index is 780. The van der Waals surface area contributed by atoms with E-state index in [9.17, 15) is 9.50 Å². The molecule has 0 fully saturated rings. The summed E-state index contributed by atoms with van der Waals surface area (Å²) < 4.78 is 13.8. The van der Waals surface area contributed by atoms with Gasteiger partial charge in [0.15, 0.2) is 0 Å². The number of hydrogen-bond acceptors (Lipinski definition) is 1. The van der Waals surface area contributed by atoms with Crippen LogP contribution in [0.3, 0.4) is 0 Å². The monoisotopic (exact) mass is 344 g/mol. The van der Waals surface area contributed by atoms with Gasteiger partial charge in [-0.15, -0.1) is 0 Å². The van der Waals surface area contributed by atoms with Gasteiger partial charge < -0.3 is 5.11 Å². The molecule has 106 valence electrons. The van der Waals surface area contributed by atoms with E-state index in [0.717, 1.165) is 21.9 Å². The van der Waals surface area contributed by atoms with E-state index in [1.165, 1.54) is 12.1 Å². The van der Waals surface area contributed by atoms with Crippen LogP contribution in [0.5, 0.6) is 0 Å². The lowest BCUT2D eigenvalue weighted by atomic mass is 9.96. The second-order valence-corrected chi connectivity index (χ2v) is 5.88. The lowest BCUT2D eigenvalue weighted by molar-refractivity contribution is 0.180. The molecule has 0 aliphatic heterocycles. The summed E-state index contributed by atoms with van der Waals surface area (Å²) in [5, 5.41) is 12.7. The summed E-state index contributed by atoms with van der Waals surface area (Å²) in [6.45, 7) is 0. The number of rotatable bonds is 3. The van der Waals surface area contributed by atoms with Gasteiger partial charge in [-0.1, -0.05) is 64.5 Å². The average Bonchev–Trinajstić information content (AvgIpc) is 2.49. The van der Waals surface area contributed by atoms with E-state index in [0.29, 0.717) is 10.9 Å². The van der Waals surface area contributed by atoms with E-state index in [-0.39, 0.29) is 5.82 Å². The van der Waals surface area contributed by atoms with E-state index in [2.05, 4.69) is 15.9 Å². The van der Waals surface area contributed by atoms with Gasteiger partial charge in [-0.2, -0.15) is 0 Å². The van der Waals surface area contributed by atoms with Crippen LogP contribution in [-0.4, -0.2) is 5.11 Å². The van der Waals surface area contributed by atoms with Gasteiger partial charge in [-0.25, -0.2) is 4.39 Å². The molecule has 3 heteroatoms. The van der Waals surface area contributed by atoms with Crippen molar-refractivity contribution in [3.63, 3.8) is 0 Å². The summed E-state index contributed by atoms with van der Waals surface area (Å²) >= 11 is 3.35. The van der Waals surface area contributed by atoms with Crippen molar-refractivity contribution < 1.29 is 9.50 Å². The lowest BCUT2D eigenvalue weighted by Gasteiger charge is -2.15. The molecule has 0 aromatic heterocycles. The molecule has 21 heavy (non-hydrogen) atoms. The van der Waals surface area contributed by atoms with Crippen molar-refractivity contribution in [3.8, 4) is 0 Å². The minimum Gasteiger partial charge on any atom is -0.388 e. The third kappa shape index (κ3) is 2.99. The predicted molar refractivity (Wildman–Crippen MR) is 86.7 cm³/mol. The minimum atomic E-state index is -0.627. The van der Waals surface area contributed by atoms with Crippen molar-refractivity contribution in [2.45, 2.75) is 12.5 Å². The lowest BCUT2D eigenvalue weighted by Crippen LogP contribution is -2.03. The Morgan fingerprint density at radius 2 is 1.76 bits per heavy atom. The van der Waals surface area contributed by atoms with Crippen molar-refractivity contribution in [2.24, 2.45) is 0 Å². The third-order valence-electron chi connectivity index (χ3n) is 3.61. The van der Waals surface area contributed by atoms with Crippen molar-refractivity contribution >= 4 is 26.7 Å². The van der Waals surface area contributed by atoms with Crippen LogP contribution in [0.15, 0.2) is 65.1 Å². The first-order chi connectivity index (χ1) is 10.1. The van der Waals surface area contributed by atoms with Gasteiger partial charge in [0.2, 0.25) is 0 Å². The maximum Gasteiger partial charge on any atom is 0.124 e. The van der Waals surface area contributed by atoms with Crippen LogP contribution in [0.2, 0.25) is 0 Å². The average molecular weight is 345 g/mol. The van der Waals surface area contributed by atoms with Crippen LogP contribution in [0.1, 0.15) is 17.2 Å². The SMILES string of the molecule is OC(Cc1ccc(F)cc1Br)c1cccc2ccccc12. The second kappa shape index (κ2) is 5.96. The zero-order valence-electron chi connectivity index (χ0n) is 11.3. The highest BCUT2D eigenvalue weighted by atomic mass is 79.9. The second-order valence-electron chi connectivity index (χ2n) is 5.02. The first-order valence-corrected chi connectivity index (χ1v) is 7.54. The van der Waals surface area contributed by atoms with Crippen LogP contribution in [-0.2, 0) is 6.42 Å². The molecule has 0 radical (unpaired) electrons. The van der Waals surface area contributed by atoms with Crippen LogP contribution in [0, 0.1) is 5.82 Å². The Labute approximate surface area is 131 Å². The fourth-order valence-electron chi connectivity index (χ4n) is 2.55. The van der Waals surface area contributed by atoms with Crippen LogP contribution in [0.4, 0.5) is 4.39 Å². The van der Waals surface area contributed by atoms with Crippen LogP contribution >= 0.6 is 15.9 Å². The highest BCUT2D eigenvalue weighted by molar-refractivity contribution is 9.10.